The topological polar surface area (TPSA) is 76.0 Å². The average Bonchev–Trinajstić information content (AvgIpc) is 3.22. The molecule has 1 spiro atoms. The van der Waals surface area contributed by atoms with E-state index in [4.69, 9.17) is 0 Å². The number of hydrogen-bond donors (Lipinski definition) is 2. The molecule has 27 heavy (non-hydrogen) atoms. The van der Waals surface area contributed by atoms with Crippen LogP contribution in [0.25, 0.3) is 5.69 Å². The lowest BCUT2D eigenvalue weighted by Crippen LogP contribution is -2.43. The van der Waals surface area contributed by atoms with Crippen molar-refractivity contribution >= 4 is 23.3 Å². The summed E-state index contributed by atoms with van der Waals surface area (Å²) in [7, 11) is 0. The summed E-state index contributed by atoms with van der Waals surface area (Å²) in [5.41, 5.74) is 3.31. The van der Waals surface area contributed by atoms with Crippen LogP contribution in [0.3, 0.4) is 0 Å². The molecule has 0 aliphatic carbocycles. The summed E-state index contributed by atoms with van der Waals surface area (Å²) < 4.78 is 1.71. The highest BCUT2D eigenvalue weighted by atomic mass is 16.2. The summed E-state index contributed by atoms with van der Waals surface area (Å²) in [6.07, 6.45) is 2.68. The first kappa shape index (κ1) is 15.8. The van der Waals surface area contributed by atoms with Crippen LogP contribution < -0.4 is 10.6 Å². The van der Waals surface area contributed by atoms with Crippen LogP contribution in [0.2, 0.25) is 0 Å². The van der Waals surface area contributed by atoms with E-state index in [2.05, 4.69) is 28.7 Å². The van der Waals surface area contributed by atoms with Crippen molar-refractivity contribution in [2.24, 2.45) is 0 Å². The Morgan fingerprint density at radius 1 is 1.07 bits per heavy atom. The molecule has 0 fully saturated rings. The highest BCUT2D eigenvalue weighted by Crippen LogP contribution is 2.49. The second-order valence-electron chi connectivity index (χ2n) is 6.97. The van der Waals surface area contributed by atoms with Crippen LogP contribution in [0.4, 0.5) is 11.5 Å². The van der Waals surface area contributed by atoms with Crippen LogP contribution in [-0.2, 0) is 21.4 Å². The molecule has 0 saturated carbocycles. The van der Waals surface area contributed by atoms with Gasteiger partial charge < -0.3 is 10.6 Å². The van der Waals surface area contributed by atoms with Gasteiger partial charge in [-0.05, 0) is 35.7 Å². The second kappa shape index (κ2) is 5.54. The third-order valence-corrected chi connectivity index (χ3v) is 5.50. The number of nitrogens with zero attached hydrogens (tertiary/aromatic N) is 2. The minimum Gasteiger partial charge on any atom is -0.325 e. The van der Waals surface area contributed by atoms with Crippen molar-refractivity contribution in [3.63, 3.8) is 0 Å². The number of amides is 2. The molecule has 2 aromatic carbocycles. The van der Waals surface area contributed by atoms with Gasteiger partial charge in [0.1, 0.15) is 11.2 Å². The standard InChI is InChI=1S/C21H18N4O2/c1-2-13-6-5-7-14(10-13)25-19-16(12-22-25)21(11-18(26)24-19)15-8-3-4-9-17(15)23-20(21)27/h3-10,12H,2,11H2,1H3,(H,23,27)(H,24,26)/t21-/m1/s1. The van der Waals surface area contributed by atoms with E-state index in [1.165, 1.54) is 5.56 Å². The van der Waals surface area contributed by atoms with Gasteiger partial charge in [0.25, 0.3) is 0 Å². The maximum atomic E-state index is 13.0. The molecule has 6 heteroatoms. The van der Waals surface area contributed by atoms with Gasteiger partial charge in [0, 0.05) is 17.7 Å². The molecule has 0 unspecified atom stereocenters. The molecule has 0 bridgehead atoms. The normalized spacial score (nSPS) is 20.2. The predicted octanol–water partition coefficient (Wildman–Crippen LogP) is 3.02. The summed E-state index contributed by atoms with van der Waals surface area (Å²) in [6.45, 7) is 2.09. The molecular weight excluding hydrogens is 340 g/mol. The van der Waals surface area contributed by atoms with Gasteiger partial charge in [0.05, 0.1) is 11.9 Å². The molecule has 5 rings (SSSR count). The zero-order valence-electron chi connectivity index (χ0n) is 14.8. The van der Waals surface area contributed by atoms with Crippen molar-refractivity contribution in [1.82, 2.24) is 9.78 Å². The molecule has 2 aliphatic rings. The van der Waals surface area contributed by atoms with E-state index in [0.29, 0.717) is 5.82 Å². The quantitative estimate of drug-likeness (QED) is 0.739. The Morgan fingerprint density at radius 2 is 1.93 bits per heavy atom. The van der Waals surface area contributed by atoms with Gasteiger partial charge in [0.15, 0.2) is 0 Å². The Bertz CT molecular complexity index is 1100. The lowest BCUT2D eigenvalue weighted by Gasteiger charge is -2.31. The van der Waals surface area contributed by atoms with Gasteiger partial charge in [-0.3, -0.25) is 9.59 Å². The van der Waals surface area contributed by atoms with Crippen LogP contribution >= 0.6 is 0 Å². The number of aromatic nitrogens is 2. The SMILES string of the molecule is CCc1cccc(-n2ncc3c2NC(=O)C[C@]32C(=O)Nc3ccccc32)c1. The van der Waals surface area contributed by atoms with Gasteiger partial charge in [0.2, 0.25) is 11.8 Å². The number of fused-ring (bicyclic) bond motifs is 4. The van der Waals surface area contributed by atoms with Gasteiger partial charge >= 0.3 is 0 Å². The molecule has 3 aromatic rings. The lowest BCUT2D eigenvalue weighted by molar-refractivity contribution is -0.125. The summed E-state index contributed by atoms with van der Waals surface area (Å²) in [5.74, 6) is 0.191. The Morgan fingerprint density at radius 3 is 2.78 bits per heavy atom. The van der Waals surface area contributed by atoms with Crippen LogP contribution in [-0.4, -0.2) is 21.6 Å². The Labute approximate surface area is 156 Å². The van der Waals surface area contributed by atoms with E-state index < -0.39 is 5.41 Å². The third-order valence-electron chi connectivity index (χ3n) is 5.50. The fraction of sp³-hybridized carbons (Fsp3) is 0.190. The molecule has 134 valence electrons. The average molecular weight is 358 g/mol. The van der Waals surface area contributed by atoms with Gasteiger partial charge in [-0.15, -0.1) is 0 Å². The summed E-state index contributed by atoms with van der Waals surface area (Å²) in [6, 6.07) is 15.6. The highest BCUT2D eigenvalue weighted by Gasteiger charge is 2.54. The molecule has 2 aliphatic heterocycles. The van der Waals surface area contributed by atoms with Gasteiger partial charge in [-0.25, -0.2) is 4.68 Å². The van der Waals surface area contributed by atoms with Crippen LogP contribution in [0, 0.1) is 0 Å². The van der Waals surface area contributed by atoms with Crippen LogP contribution in [0.5, 0.6) is 0 Å². The molecule has 2 N–H and O–H groups in total. The minimum absolute atomic E-state index is 0.0730. The number of benzene rings is 2. The van der Waals surface area contributed by atoms with E-state index in [1.807, 2.05) is 42.5 Å². The molecule has 1 aromatic heterocycles. The Hall–Kier alpha value is -3.41. The van der Waals surface area contributed by atoms with Crippen LogP contribution in [0.15, 0.2) is 54.7 Å². The van der Waals surface area contributed by atoms with Crippen molar-refractivity contribution in [2.75, 3.05) is 10.6 Å². The lowest BCUT2D eigenvalue weighted by atomic mass is 9.72. The number of carbonyl (C=O) groups excluding carboxylic acids is 2. The van der Waals surface area contributed by atoms with E-state index in [1.54, 1.807) is 10.9 Å². The van der Waals surface area contributed by atoms with Crippen molar-refractivity contribution < 1.29 is 9.59 Å². The zero-order chi connectivity index (χ0) is 18.6. The van der Waals surface area contributed by atoms with Gasteiger partial charge in [-0.2, -0.15) is 5.10 Å². The zero-order valence-corrected chi connectivity index (χ0v) is 14.8. The molecule has 0 saturated heterocycles. The monoisotopic (exact) mass is 358 g/mol. The third kappa shape index (κ3) is 2.10. The van der Waals surface area contributed by atoms with Gasteiger partial charge in [-0.1, -0.05) is 37.3 Å². The molecule has 1 atom stereocenters. The number of nitrogens with one attached hydrogen (secondary N) is 2. The summed E-state index contributed by atoms with van der Waals surface area (Å²) in [4.78, 5) is 25.6. The second-order valence-corrected chi connectivity index (χ2v) is 6.97. The maximum Gasteiger partial charge on any atom is 0.240 e. The van der Waals surface area contributed by atoms with E-state index in [0.717, 1.165) is 28.9 Å². The molecule has 3 heterocycles. The largest absolute Gasteiger partial charge is 0.325 e. The van der Waals surface area contributed by atoms with Crippen molar-refractivity contribution in [1.29, 1.82) is 0 Å². The van der Waals surface area contributed by atoms with Crippen molar-refractivity contribution in [3.05, 3.63) is 71.4 Å². The first-order valence-electron chi connectivity index (χ1n) is 9.02. The first-order chi connectivity index (χ1) is 13.1. The number of carbonyl (C=O) groups is 2. The van der Waals surface area contributed by atoms with E-state index in [-0.39, 0.29) is 18.2 Å². The molecule has 6 nitrogen and oxygen atoms in total. The molecule has 0 radical (unpaired) electrons. The number of hydrogen-bond acceptors (Lipinski definition) is 3. The predicted molar refractivity (Wildman–Crippen MR) is 102 cm³/mol. The number of anilines is 2. The smallest absolute Gasteiger partial charge is 0.240 e. The van der Waals surface area contributed by atoms with E-state index in [9.17, 15) is 9.59 Å². The van der Waals surface area contributed by atoms with Crippen molar-refractivity contribution in [2.45, 2.75) is 25.2 Å². The Kier molecular flexibility index (Phi) is 3.25. The van der Waals surface area contributed by atoms with E-state index >= 15 is 0 Å². The number of para-hydroxylation sites is 1. The fourth-order valence-corrected chi connectivity index (χ4v) is 4.16. The minimum atomic E-state index is -1.03. The van der Waals surface area contributed by atoms with Crippen molar-refractivity contribution in [3.8, 4) is 5.69 Å². The van der Waals surface area contributed by atoms with Crippen LogP contribution in [0.1, 0.15) is 30.0 Å². The number of rotatable bonds is 2. The fourth-order valence-electron chi connectivity index (χ4n) is 4.16. The maximum absolute atomic E-state index is 13.0. The Balaban J connectivity index is 1.74. The molecular formula is C21H18N4O2. The summed E-state index contributed by atoms with van der Waals surface area (Å²) >= 11 is 0. The highest BCUT2D eigenvalue weighted by molar-refractivity contribution is 6.14. The molecule has 2 amide bonds. The summed E-state index contributed by atoms with van der Waals surface area (Å²) in [5, 5.41) is 10.4. The number of aryl methyl sites for hydroxylation is 1. The first-order valence-corrected chi connectivity index (χ1v) is 9.02.